The van der Waals surface area contributed by atoms with Crippen LogP contribution in [0, 0.1) is 5.82 Å². The molecule has 1 fully saturated rings. The minimum Gasteiger partial charge on any atom is -0.350 e. The SMILES string of the molecule is O=C1N[C@@H](C(=O)NCc2ccc(-n3cncn3)nc2)CS[C@H]1Cc1ccccc1F. The number of rotatable bonds is 6. The van der Waals surface area contributed by atoms with Crippen LogP contribution >= 0.6 is 11.8 Å². The highest BCUT2D eigenvalue weighted by molar-refractivity contribution is 8.00. The normalized spacial score (nSPS) is 18.6. The van der Waals surface area contributed by atoms with Crippen LogP contribution in [0.4, 0.5) is 4.39 Å². The fraction of sp³-hybridized carbons (Fsp3) is 0.250. The summed E-state index contributed by atoms with van der Waals surface area (Å²) in [4.78, 5) is 33.0. The van der Waals surface area contributed by atoms with E-state index in [-0.39, 0.29) is 17.6 Å². The Morgan fingerprint density at radius 1 is 1.30 bits per heavy atom. The second-order valence-corrected chi connectivity index (χ2v) is 8.00. The topological polar surface area (TPSA) is 102 Å². The molecule has 30 heavy (non-hydrogen) atoms. The Hall–Kier alpha value is -3.27. The maximum atomic E-state index is 13.8. The summed E-state index contributed by atoms with van der Waals surface area (Å²) >= 11 is 1.37. The highest BCUT2D eigenvalue weighted by Crippen LogP contribution is 2.23. The molecule has 1 saturated heterocycles. The van der Waals surface area contributed by atoms with Crippen LogP contribution in [0.1, 0.15) is 11.1 Å². The Bertz CT molecular complexity index is 1030. The monoisotopic (exact) mass is 426 g/mol. The number of nitrogens with zero attached hydrogens (tertiary/aromatic N) is 4. The Labute approximate surface area is 176 Å². The summed E-state index contributed by atoms with van der Waals surface area (Å²) < 4.78 is 15.4. The van der Waals surface area contributed by atoms with Gasteiger partial charge in [0, 0.05) is 18.5 Å². The molecular weight excluding hydrogens is 407 g/mol. The molecule has 4 rings (SSSR count). The molecule has 0 unspecified atom stereocenters. The van der Waals surface area contributed by atoms with Crippen LogP contribution < -0.4 is 10.6 Å². The number of hydrogen-bond acceptors (Lipinski definition) is 6. The number of thioether (sulfide) groups is 1. The van der Waals surface area contributed by atoms with Crippen molar-refractivity contribution in [2.24, 2.45) is 0 Å². The molecule has 1 aromatic carbocycles. The maximum Gasteiger partial charge on any atom is 0.243 e. The Kier molecular flexibility index (Phi) is 6.03. The first-order valence-electron chi connectivity index (χ1n) is 9.33. The molecule has 2 aromatic heterocycles. The van der Waals surface area contributed by atoms with Crippen LogP contribution in [0.15, 0.2) is 55.2 Å². The molecule has 2 atom stereocenters. The van der Waals surface area contributed by atoms with Gasteiger partial charge in [0.2, 0.25) is 11.8 Å². The number of halogens is 1. The third kappa shape index (κ3) is 4.65. The van der Waals surface area contributed by atoms with Crippen LogP contribution in [0.3, 0.4) is 0 Å². The van der Waals surface area contributed by atoms with E-state index in [9.17, 15) is 14.0 Å². The van der Waals surface area contributed by atoms with E-state index in [0.717, 1.165) is 5.56 Å². The number of aromatic nitrogens is 4. The molecule has 0 aliphatic carbocycles. The molecule has 8 nitrogen and oxygen atoms in total. The second kappa shape index (κ2) is 9.04. The van der Waals surface area contributed by atoms with Crippen molar-refractivity contribution in [2.45, 2.75) is 24.3 Å². The molecule has 2 amide bonds. The zero-order chi connectivity index (χ0) is 20.9. The summed E-state index contributed by atoms with van der Waals surface area (Å²) in [7, 11) is 0. The van der Waals surface area contributed by atoms with E-state index in [1.807, 2.05) is 6.07 Å². The fourth-order valence-electron chi connectivity index (χ4n) is 3.05. The molecule has 1 aliphatic rings. The predicted octanol–water partition coefficient (Wildman–Crippen LogP) is 1.26. The van der Waals surface area contributed by atoms with Crippen molar-refractivity contribution in [1.82, 2.24) is 30.4 Å². The molecule has 3 heterocycles. The van der Waals surface area contributed by atoms with Crippen LogP contribution in [0.5, 0.6) is 0 Å². The number of amides is 2. The fourth-order valence-corrected chi connectivity index (χ4v) is 4.22. The lowest BCUT2D eigenvalue weighted by Crippen LogP contribution is -2.54. The van der Waals surface area contributed by atoms with Gasteiger partial charge in [-0.3, -0.25) is 9.59 Å². The van der Waals surface area contributed by atoms with Crippen molar-refractivity contribution < 1.29 is 14.0 Å². The quantitative estimate of drug-likeness (QED) is 0.615. The first-order chi connectivity index (χ1) is 14.6. The molecule has 1 aliphatic heterocycles. The van der Waals surface area contributed by atoms with Crippen molar-refractivity contribution in [3.05, 3.63) is 72.2 Å². The van der Waals surface area contributed by atoms with Crippen LogP contribution in [0.2, 0.25) is 0 Å². The molecule has 0 spiro atoms. The lowest BCUT2D eigenvalue weighted by molar-refractivity contribution is -0.128. The summed E-state index contributed by atoms with van der Waals surface area (Å²) in [5.74, 6) is 0.211. The standard InChI is InChI=1S/C20H19FN6O2S/c21-15-4-2-1-3-14(15)7-17-20(29)26-16(10-30-17)19(28)24-9-13-5-6-18(23-8-13)27-12-22-11-25-27/h1-6,8,11-12,16-17H,7,9-10H2,(H,24,28)(H,26,29)/t16-,17+/m1/s1. The minimum atomic E-state index is -0.623. The van der Waals surface area contributed by atoms with Gasteiger partial charge in [-0.25, -0.2) is 19.0 Å². The molecule has 154 valence electrons. The summed E-state index contributed by atoms with van der Waals surface area (Å²) in [6.07, 6.45) is 4.91. The van der Waals surface area contributed by atoms with Gasteiger partial charge in [0.05, 0.1) is 5.25 Å². The first-order valence-corrected chi connectivity index (χ1v) is 10.4. The van der Waals surface area contributed by atoms with Crippen molar-refractivity contribution in [3.8, 4) is 5.82 Å². The number of pyridine rings is 1. The Morgan fingerprint density at radius 3 is 2.87 bits per heavy atom. The van der Waals surface area contributed by atoms with Crippen LogP contribution in [-0.4, -0.2) is 48.6 Å². The van der Waals surface area contributed by atoms with E-state index in [1.54, 1.807) is 36.8 Å². The van der Waals surface area contributed by atoms with Gasteiger partial charge in [-0.1, -0.05) is 24.3 Å². The van der Waals surface area contributed by atoms with Gasteiger partial charge >= 0.3 is 0 Å². The third-order valence-corrected chi connectivity index (χ3v) is 5.99. The zero-order valence-corrected chi connectivity index (χ0v) is 16.7. The predicted molar refractivity (Wildman–Crippen MR) is 109 cm³/mol. The summed E-state index contributed by atoms with van der Waals surface area (Å²) in [6, 6.07) is 9.40. The van der Waals surface area contributed by atoms with Crippen LogP contribution in [0.25, 0.3) is 5.82 Å². The van der Waals surface area contributed by atoms with Crippen molar-refractivity contribution >= 4 is 23.6 Å². The summed E-state index contributed by atoms with van der Waals surface area (Å²) in [6.45, 7) is 0.291. The maximum absolute atomic E-state index is 13.8. The van der Waals surface area contributed by atoms with Gasteiger partial charge in [-0.05, 0) is 29.7 Å². The summed E-state index contributed by atoms with van der Waals surface area (Å²) in [5.41, 5.74) is 1.31. The second-order valence-electron chi connectivity index (χ2n) is 6.76. The number of carbonyl (C=O) groups excluding carboxylic acids is 2. The lowest BCUT2D eigenvalue weighted by atomic mass is 10.1. The van der Waals surface area contributed by atoms with Gasteiger partial charge in [0.25, 0.3) is 0 Å². The molecule has 2 N–H and O–H groups in total. The Balaban J connectivity index is 1.28. The average molecular weight is 426 g/mol. The number of benzene rings is 1. The van der Waals surface area contributed by atoms with Crippen LogP contribution in [-0.2, 0) is 22.6 Å². The third-order valence-electron chi connectivity index (χ3n) is 4.68. The van der Waals surface area contributed by atoms with E-state index in [1.165, 1.54) is 28.8 Å². The highest BCUT2D eigenvalue weighted by Gasteiger charge is 2.32. The van der Waals surface area contributed by atoms with E-state index in [0.29, 0.717) is 30.1 Å². The number of hydrogen-bond donors (Lipinski definition) is 2. The molecule has 3 aromatic rings. The van der Waals surface area contributed by atoms with Gasteiger partial charge in [-0.2, -0.15) is 5.10 Å². The average Bonchev–Trinajstić information content (AvgIpc) is 3.30. The van der Waals surface area contributed by atoms with Crippen molar-refractivity contribution in [2.75, 3.05) is 5.75 Å². The molecule has 0 saturated carbocycles. The van der Waals surface area contributed by atoms with Gasteiger partial charge in [0.1, 0.15) is 24.5 Å². The molecule has 0 bridgehead atoms. The Morgan fingerprint density at radius 2 is 2.17 bits per heavy atom. The number of carbonyl (C=O) groups is 2. The van der Waals surface area contributed by atoms with Gasteiger partial charge in [0.15, 0.2) is 5.82 Å². The minimum absolute atomic E-state index is 0.256. The highest BCUT2D eigenvalue weighted by atomic mass is 32.2. The molecule has 0 radical (unpaired) electrons. The first kappa shape index (κ1) is 20.0. The largest absolute Gasteiger partial charge is 0.350 e. The van der Waals surface area contributed by atoms with E-state index >= 15 is 0 Å². The number of nitrogens with one attached hydrogen (secondary N) is 2. The summed E-state index contributed by atoms with van der Waals surface area (Å²) in [5, 5.41) is 9.15. The molecule has 10 heteroatoms. The van der Waals surface area contributed by atoms with Gasteiger partial charge in [-0.15, -0.1) is 11.8 Å². The lowest BCUT2D eigenvalue weighted by Gasteiger charge is -2.28. The van der Waals surface area contributed by atoms with Crippen molar-refractivity contribution in [1.29, 1.82) is 0 Å². The van der Waals surface area contributed by atoms with E-state index in [4.69, 9.17) is 0 Å². The smallest absolute Gasteiger partial charge is 0.243 e. The zero-order valence-electron chi connectivity index (χ0n) is 15.9. The molecular formula is C20H19FN6O2S. The van der Waals surface area contributed by atoms with E-state index in [2.05, 4.69) is 25.7 Å². The van der Waals surface area contributed by atoms with Gasteiger partial charge < -0.3 is 10.6 Å². The van der Waals surface area contributed by atoms with Crippen molar-refractivity contribution in [3.63, 3.8) is 0 Å². The van der Waals surface area contributed by atoms with E-state index < -0.39 is 11.3 Å².